The molecule has 22 heavy (non-hydrogen) atoms. The van der Waals surface area contributed by atoms with Crippen LogP contribution < -0.4 is 5.32 Å². The minimum Gasteiger partial charge on any atom is -0.338 e. The Kier molecular flexibility index (Phi) is 4.72. The Labute approximate surface area is 135 Å². The average Bonchev–Trinajstić information content (AvgIpc) is 3.08. The van der Waals surface area contributed by atoms with Gasteiger partial charge in [0.15, 0.2) is 0 Å². The summed E-state index contributed by atoms with van der Waals surface area (Å²) in [5.41, 5.74) is 0.854. The first kappa shape index (κ1) is 16.7. The molecule has 120 valence electrons. The molecule has 2 aliphatic rings. The molecule has 1 atom stereocenters. The number of aryl methyl sites for hydroxylation is 1. The van der Waals surface area contributed by atoms with Crippen LogP contribution in [0.25, 0.3) is 0 Å². The second kappa shape index (κ2) is 6.22. The third-order valence-electron chi connectivity index (χ3n) is 4.71. The van der Waals surface area contributed by atoms with E-state index in [4.69, 9.17) is 0 Å². The van der Waals surface area contributed by atoms with E-state index in [1.807, 2.05) is 0 Å². The van der Waals surface area contributed by atoms with Gasteiger partial charge in [0, 0.05) is 30.6 Å². The summed E-state index contributed by atoms with van der Waals surface area (Å²) in [5.74, 6) is -0.214. The number of nitro groups is 1. The van der Waals surface area contributed by atoms with Crippen molar-refractivity contribution in [1.82, 2.24) is 10.2 Å². The van der Waals surface area contributed by atoms with Crippen LogP contribution in [-0.4, -0.2) is 41.9 Å². The first-order valence-corrected chi connectivity index (χ1v) is 7.26. The summed E-state index contributed by atoms with van der Waals surface area (Å²) in [5, 5.41) is 14.6. The fourth-order valence-electron chi connectivity index (χ4n) is 3.50. The van der Waals surface area contributed by atoms with Gasteiger partial charge in [-0.1, -0.05) is 12.1 Å². The summed E-state index contributed by atoms with van der Waals surface area (Å²) in [4.78, 5) is 25.2. The Morgan fingerprint density at radius 1 is 1.41 bits per heavy atom. The van der Waals surface area contributed by atoms with Crippen molar-refractivity contribution < 1.29 is 9.72 Å². The fourth-order valence-corrected chi connectivity index (χ4v) is 3.50. The van der Waals surface area contributed by atoms with E-state index in [2.05, 4.69) is 5.32 Å². The van der Waals surface area contributed by atoms with Crippen molar-refractivity contribution in [2.75, 3.05) is 26.2 Å². The summed E-state index contributed by atoms with van der Waals surface area (Å²) < 4.78 is 0. The highest BCUT2D eigenvalue weighted by Gasteiger charge is 2.42. The van der Waals surface area contributed by atoms with Crippen LogP contribution in [0, 0.1) is 22.5 Å². The topological polar surface area (TPSA) is 75.5 Å². The van der Waals surface area contributed by atoms with Crippen LogP contribution in [0.2, 0.25) is 0 Å². The van der Waals surface area contributed by atoms with Crippen molar-refractivity contribution in [3.8, 4) is 0 Å². The Hall–Kier alpha value is -1.66. The molecule has 1 spiro atoms. The molecule has 0 aliphatic carbocycles. The van der Waals surface area contributed by atoms with Crippen LogP contribution in [0.3, 0.4) is 0 Å². The van der Waals surface area contributed by atoms with Crippen LogP contribution in [0.5, 0.6) is 0 Å². The molecule has 0 radical (unpaired) electrons. The van der Waals surface area contributed by atoms with Crippen LogP contribution in [-0.2, 0) is 0 Å². The Balaban J connectivity index is 0.00000176. The number of nitro benzene ring substituents is 1. The summed E-state index contributed by atoms with van der Waals surface area (Å²) >= 11 is 0. The van der Waals surface area contributed by atoms with Gasteiger partial charge in [-0.05, 0) is 32.4 Å². The van der Waals surface area contributed by atoms with E-state index in [0.717, 1.165) is 25.9 Å². The molecule has 1 unspecified atom stereocenters. The minimum absolute atomic E-state index is 0. The second-order valence-corrected chi connectivity index (χ2v) is 6.13. The van der Waals surface area contributed by atoms with Crippen molar-refractivity contribution in [2.45, 2.75) is 19.8 Å². The van der Waals surface area contributed by atoms with Crippen molar-refractivity contribution >= 4 is 24.0 Å². The average molecular weight is 326 g/mol. The predicted octanol–water partition coefficient (Wildman–Crippen LogP) is 2.15. The van der Waals surface area contributed by atoms with Gasteiger partial charge in [0.2, 0.25) is 0 Å². The van der Waals surface area contributed by atoms with E-state index < -0.39 is 4.92 Å². The van der Waals surface area contributed by atoms with E-state index >= 15 is 0 Å². The van der Waals surface area contributed by atoms with Gasteiger partial charge >= 0.3 is 0 Å². The quantitative estimate of drug-likeness (QED) is 0.667. The minimum atomic E-state index is -0.453. The lowest BCUT2D eigenvalue weighted by atomic mass is 9.86. The lowest BCUT2D eigenvalue weighted by Crippen LogP contribution is -2.33. The SMILES string of the molecule is Cc1cccc(C(=O)N2CCC3(CCNC3)C2)c1[N+](=O)[O-].Cl. The molecule has 2 fully saturated rings. The monoisotopic (exact) mass is 325 g/mol. The van der Waals surface area contributed by atoms with E-state index in [9.17, 15) is 14.9 Å². The number of rotatable bonds is 2. The van der Waals surface area contributed by atoms with Gasteiger partial charge in [0.05, 0.1) is 4.92 Å². The highest BCUT2D eigenvalue weighted by Crippen LogP contribution is 2.37. The number of amides is 1. The second-order valence-electron chi connectivity index (χ2n) is 6.13. The number of hydrogen-bond donors (Lipinski definition) is 1. The van der Waals surface area contributed by atoms with Crippen LogP contribution in [0.4, 0.5) is 5.69 Å². The smallest absolute Gasteiger partial charge is 0.285 e. The van der Waals surface area contributed by atoms with Crippen LogP contribution in [0.1, 0.15) is 28.8 Å². The number of halogens is 1. The lowest BCUT2D eigenvalue weighted by Gasteiger charge is -2.22. The fraction of sp³-hybridized carbons (Fsp3) is 0.533. The first-order chi connectivity index (χ1) is 10.0. The first-order valence-electron chi connectivity index (χ1n) is 7.26. The molecule has 2 aliphatic heterocycles. The van der Waals surface area contributed by atoms with Crippen molar-refractivity contribution in [3.63, 3.8) is 0 Å². The number of likely N-dealkylation sites (tertiary alicyclic amines) is 1. The molecule has 2 saturated heterocycles. The Morgan fingerprint density at radius 2 is 2.18 bits per heavy atom. The van der Waals surface area contributed by atoms with Gasteiger partial charge in [-0.2, -0.15) is 0 Å². The highest BCUT2D eigenvalue weighted by atomic mass is 35.5. The number of nitrogens with one attached hydrogen (secondary N) is 1. The summed E-state index contributed by atoms with van der Waals surface area (Å²) in [6.07, 6.45) is 2.05. The van der Waals surface area contributed by atoms with E-state index in [1.165, 1.54) is 0 Å². The molecule has 0 aromatic heterocycles. The number of hydrogen-bond acceptors (Lipinski definition) is 4. The van der Waals surface area contributed by atoms with Gasteiger partial charge in [-0.15, -0.1) is 12.4 Å². The lowest BCUT2D eigenvalue weighted by molar-refractivity contribution is -0.385. The maximum atomic E-state index is 12.7. The molecule has 7 heteroatoms. The predicted molar refractivity (Wildman–Crippen MR) is 85.5 cm³/mol. The molecule has 0 saturated carbocycles. The molecule has 1 amide bonds. The molecule has 0 bridgehead atoms. The van der Waals surface area contributed by atoms with Gasteiger partial charge in [-0.25, -0.2) is 0 Å². The standard InChI is InChI=1S/C15H19N3O3.ClH/c1-11-3-2-4-12(13(11)18(20)21)14(19)17-8-6-15(10-17)5-7-16-9-15;/h2-4,16H,5-10H2,1H3;1H. The number of carbonyl (C=O) groups is 1. The third-order valence-corrected chi connectivity index (χ3v) is 4.71. The molecule has 1 N–H and O–H groups in total. The summed E-state index contributed by atoms with van der Waals surface area (Å²) in [6, 6.07) is 4.94. The molecule has 1 aromatic rings. The number of nitrogens with zero attached hydrogens (tertiary/aromatic N) is 2. The van der Waals surface area contributed by atoms with Gasteiger partial charge < -0.3 is 10.2 Å². The van der Waals surface area contributed by atoms with E-state index in [0.29, 0.717) is 18.7 Å². The summed E-state index contributed by atoms with van der Waals surface area (Å²) in [7, 11) is 0. The van der Waals surface area contributed by atoms with Gasteiger partial charge in [-0.3, -0.25) is 14.9 Å². The zero-order chi connectivity index (χ0) is 15.0. The maximum absolute atomic E-state index is 12.7. The highest BCUT2D eigenvalue weighted by molar-refractivity contribution is 5.98. The molecule has 3 rings (SSSR count). The van der Waals surface area contributed by atoms with Crippen LogP contribution >= 0.6 is 12.4 Å². The molecular formula is C15H20ClN3O3. The third kappa shape index (κ3) is 2.80. The van der Waals surface area contributed by atoms with Gasteiger partial charge in [0.25, 0.3) is 11.6 Å². The van der Waals surface area contributed by atoms with Crippen LogP contribution in [0.15, 0.2) is 18.2 Å². The zero-order valence-electron chi connectivity index (χ0n) is 12.5. The molecule has 2 heterocycles. The molecular weight excluding hydrogens is 306 g/mol. The largest absolute Gasteiger partial charge is 0.338 e. The summed E-state index contributed by atoms with van der Waals surface area (Å²) in [6.45, 7) is 4.98. The zero-order valence-corrected chi connectivity index (χ0v) is 13.3. The van der Waals surface area contributed by atoms with E-state index in [-0.39, 0.29) is 35.0 Å². The Morgan fingerprint density at radius 3 is 2.82 bits per heavy atom. The number of benzene rings is 1. The van der Waals surface area contributed by atoms with Crippen molar-refractivity contribution in [2.24, 2.45) is 5.41 Å². The maximum Gasteiger partial charge on any atom is 0.285 e. The van der Waals surface area contributed by atoms with E-state index in [1.54, 1.807) is 30.0 Å². The van der Waals surface area contributed by atoms with Crippen molar-refractivity contribution in [1.29, 1.82) is 0 Å². The van der Waals surface area contributed by atoms with Gasteiger partial charge in [0.1, 0.15) is 5.56 Å². The number of carbonyl (C=O) groups excluding carboxylic acids is 1. The molecule has 1 aromatic carbocycles. The normalized spacial score (nSPS) is 23.6. The molecule has 6 nitrogen and oxygen atoms in total. The van der Waals surface area contributed by atoms with Crippen molar-refractivity contribution in [3.05, 3.63) is 39.4 Å². The Bertz CT molecular complexity index is 600. The number of para-hydroxylation sites is 1.